The van der Waals surface area contributed by atoms with Crippen LogP contribution >= 0.6 is 0 Å². The molecule has 8 heteroatoms. The van der Waals surface area contributed by atoms with Gasteiger partial charge in [-0.15, -0.1) is 0 Å². The summed E-state index contributed by atoms with van der Waals surface area (Å²) in [6.07, 6.45) is 1.52. The van der Waals surface area contributed by atoms with Crippen molar-refractivity contribution < 1.29 is 8.81 Å². The lowest BCUT2D eigenvalue weighted by atomic mass is 10.2. The summed E-state index contributed by atoms with van der Waals surface area (Å²) in [4.78, 5) is 13.9. The van der Waals surface area contributed by atoms with Crippen molar-refractivity contribution in [1.29, 1.82) is 5.26 Å². The number of nitrogen functional groups attached to an aromatic ring is 1. The maximum Gasteiger partial charge on any atom is 0.230 e. The number of rotatable bonds is 4. The van der Waals surface area contributed by atoms with Crippen molar-refractivity contribution in [3.63, 3.8) is 0 Å². The second-order valence-corrected chi connectivity index (χ2v) is 5.59. The van der Waals surface area contributed by atoms with Crippen LogP contribution in [-0.2, 0) is 0 Å². The van der Waals surface area contributed by atoms with Crippen molar-refractivity contribution in [2.75, 3.05) is 24.7 Å². The molecular weight excluding hydrogens is 335 g/mol. The quantitative estimate of drug-likeness (QED) is 0.721. The van der Waals surface area contributed by atoms with Gasteiger partial charge in [-0.25, -0.2) is 4.39 Å². The van der Waals surface area contributed by atoms with E-state index in [-0.39, 0.29) is 23.2 Å². The van der Waals surface area contributed by atoms with Gasteiger partial charge in [-0.05, 0) is 36.4 Å². The van der Waals surface area contributed by atoms with Crippen molar-refractivity contribution in [1.82, 2.24) is 15.0 Å². The van der Waals surface area contributed by atoms with E-state index in [1.807, 2.05) is 6.07 Å². The van der Waals surface area contributed by atoms with Gasteiger partial charge in [-0.1, -0.05) is 0 Å². The predicted molar refractivity (Wildman–Crippen MR) is 96.2 cm³/mol. The summed E-state index contributed by atoms with van der Waals surface area (Å²) < 4.78 is 18.7. The van der Waals surface area contributed by atoms with Gasteiger partial charge in [0.05, 0.1) is 0 Å². The number of allylic oxidation sites excluding steroid dienone is 1. The fraction of sp³-hybridized carbons (Fsp3) is 0.111. The Morgan fingerprint density at radius 1 is 1.15 bits per heavy atom. The van der Waals surface area contributed by atoms with E-state index in [4.69, 9.17) is 10.2 Å². The number of hydrogen-bond donors (Lipinski definition) is 1. The Morgan fingerprint density at radius 2 is 1.88 bits per heavy atom. The SMILES string of the molecule is CN(C)c1nc(N)nc(/C(C#N)=C/c2ccc(-c3ccc(F)cc3)o2)n1. The molecule has 0 saturated carbocycles. The Kier molecular flexibility index (Phi) is 4.62. The van der Waals surface area contributed by atoms with Gasteiger partial charge in [-0.2, -0.15) is 20.2 Å². The zero-order chi connectivity index (χ0) is 18.7. The summed E-state index contributed by atoms with van der Waals surface area (Å²) in [6.45, 7) is 0. The summed E-state index contributed by atoms with van der Waals surface area (Å²) in [5, 5.41) is 9.46. The van der Waals surface area contributed by atoms with Gasteiger partial charge >= 0.3 is 0 Å². The second kappa shape index (κ2) is 7.03. The normalized spacial score (nSPS) is 11.2. The molecule has 2 heterocycles. The van der Waals surface area contributed by atoms with Gasteiger partial charge < -0.3 is 15.1 Å². The van der Waals surface area contributed by atoms with Crippen LogP contribution in [0.2, 0.25) is 0 Å². The van der Waals surface area contributed by atoms with Gasteiger partial charge in [0, 0.05) is 25.7 Å². The molecular formula is C18H15FN6O. The minimum atomic E-state index is -0.323. The third-order valence-corrected chi connectivity index (χ3v) is 3.44. The number of nitrogens with two attached hydrogens (primary N) is 1. The monoisotopic (exact) mass is 350 g/mol. The number of hydrogen-bond acceptors (Lipinski definition) is 7. The summed E-state index contributed by atoms with van der Waals surface area (Å²) in [5.41, 5.74) is 6.60. The van der Waals surface area contributed by atoms with E-state index in [1.165, 1.54) is 18.2 Å². The third-order valence-electron chi connectivity index (χ3n) is 3.44. The Labute approximate surface area is 149 Å². The number of benzene rings is 1. The fourth-order valence-corrected chi connectivity index (χ4v) is 2.19. The molecule has 0 aliphatic carbocycles. The molecule has 3 rings (SSSR count). The van der Waals surface area contributed by atoms with Gasteiger partial charge in [0.25, 0.3) is 0 Å². The third kappa shape index (κ3) is 3.67. The van der Waals surface area contributed by atoms with Crippen molar-refractivity contribution in [2.24, 2.45) is 0 Å². The van der Waals surface area contributed by atoms with Crippen LogP contribution in [0, 0.1) is 17.1 Å². The van der Waals surface area contributed by atoms with E-state index >= 15 is 0 Å². The predicted octanol–water partition coefficient (Wildman–Crippen LogP) is 2.98. The van der Waals surface area contributed by atoms with Crippen LogP contribution in [0.3, 0.4) is 0 Å². The topological polar surface area (TPSA) is 105 Å². The number of nitriles is 1. The molecule has 0 amide bonds. The lowest BCUT2D eigenvalue weighted by Crippen LogP contribution is -2.15. The highest BCUT2D eigenvalue weighted by Gasteiger charge is 2.12. The number of furan rings is 1. The highest BCUT2D eigenvalue weighted by atomic mass is 19.1. The van der Waals surface area contributed by atoms with E-state index in [9.17, 15) is 9.65 Å². The minimum Gasteiger partial charge on any atom is -0.457 e. The summed E-state index contributed by atoms with van der Waals surface area (Å²) in [5.74, 6) is 1.19. The molecule has 2 N–H and O–H groups in total. The second-order valence-electron chi connectivity index (χ2n) is 5.59. The van der Waals surface area contributed by atoms with Crippen LogP contribution in [-0.4, -0.2) is 29.0 Å². The molecule has 3 aromatic rings. The smallest absolute Gasteiger partial charge is 0.230 e. The lowest BCUT2D eigenvalue weighted by molar-refractivity contribution is 0.571. The van der Waals surface area contributed by atoms with Crippen LogP contribution in [0.5, 0.6) is 0 Å². The zero-order valence-corrected chi connectivity index (χ0v) is 14.1. The van der Waals surface area contributed by atoms with Crippen LogP contribution in [0.4, 0.5) is 16.3 Å². The molecule has 0 spiro atoms. The molecule has 0 aliphatic rings. The fourth-order valence-electron chi connectivity index (χ4n) is 2.19. The summed E-state index contributed by atoms with van der Waals surface area (Å²) in [6, 6.07) is 11.4. The Morgan fingerprint density at radius 3 is 2.54 bits per heavy atom. The Hall–Kier alpha value is -3.73. The van der Waals surface area contributed by atoms with Gasteiger partial charge in [0.2, 0.25) is 11.9 Å². The molecule has 0 bridgehead atoms. The average Bonchev–Trinajstić information content (AvgIpc) is 3.08. The van der Waals surface area contributed by atoms with Crippen LogP contribution in [0.25, 0.3) is 23.0 Å². The number of nitrogens with zero attached hydrogens (tertiary/aromatic N) is 5. The first-order valence-electron chi connectivity index (χ1n) is 7.63. The number of anilines is 2. The molecule has 0 radical (unpaired) electrons. The molecule has 0 atom stereocenters. The summed E-state index contributed by atoms with van der Waals surface area (Å²) in [7, 11) is 3.52. The molecule has 0 fully saturated rings. The Bertz CT molecular complexity index is 1000. The molecule has 1 aromatic carbocycles. The first kappa shape index (κ1) is 17.1. The molecule has 0 aliphatic heterocycles. The van der Waals surface area contributed by atoms with Crippen LogP contribution in [0.1, 0.15) is 11.6 Å². The van der Waals surface area contributed by atoms with E-state index in [1.54, 1.807) is 43.3 Å². The molecule has 26 heavy (non-hydrogen) atoms. The van der Waals surface area contributed by atoms with Gasteiger partial charge in [-0.3, -0.25) is 0 Å². The average molecular weight is 350 g/mol. The molecule has 130 valence electrons. The highest BCUT2D eigenvalue weighted by molar-refractivity contribution is 5.86. The van der Waals surface area contributed by atoms with Gasteiger partial charge in [0.1, 0.15) is 29.0 Å². The zero-order valence-electron chi connectivity index (χ0n) is 14.1. The van der Waals surface area contributed by atoms with Gasteiger partial charge in [0.15, 0.2) is 5.82 Å². The van der Waals surface area contributed by atoms with E-state index in [2.05, 4.69) is 15.0 Å². The first-order chi connectivity index (χ1) is 12.5. The van der Waals surface area contributed by atoms with E-state index in [0.29, 0.717) is 17.5 Å². The number of halogens is 1. The lowest BCUT2D eigenvalue weighted by Gasteiger charge is -2.10. The standard InChI is InChI=1S/C18H15FN6O/c1-25(2)18-23-16(22-17(21)24-18)12(10-20)9-14-7-8-15(26-14)11-3-5-13(19)6-4-11/h3-9H,1-2H3,(H2,21,22,23,24)/b12-9+. The molecule has 0 unspecified atom stereocenters. The number of aromatic nitrogens is 3. The van der Waals surface area contributed by atoms with Crippen molar-refractivity contribution >= 4 is 23.5 Å². The highest BCUT2D eigenvalue weighted by Crippen LogP contribution is 2.25. The largest absolute Gasteiger partial charge is 0.457 e. The van der Waals surface area contributed by atoms with Crippen LogP contribution < -0.4 is 10.6 Å². The first-order valence-corrected chi connectivity index (χ1v) is 7.63. The van der Waals surface area contributed by atoms with Crippen molar-refractivity contribution in [3.8, 4) is 17.4 Å². The maximum atomic E-state index is 13.0. The molecule has 2 aromatic heterocycles. The molecule has 7 nitrogen and oxygen atoms in total. The summed E-state index contributed by atoms with van der Waals surface area (Å²) >= 11 is 0. The minimum absolute atomic E-state index is 0.0197. The maximum absolute atomic E-state index is 13.0. The van der Waals surface area contributed by atoms with Crippen molar-refractivity contribution in [3.05, 3.63) is 53.8 Å². The van der Waals surface area contributed by atoms with Crippen LogP contribution in [0.15, 0.2) is 40.8 Å². The van der Waals surface area contributed by atoms with E-state index in [0.717, 1.165) is 5.56 Å². The van der Waals surface area contributed by atoms with Crippen molar-refractivity contribution in [2.45, 2.75) is 0 Å². The molecule has 0 saturated heterocycles. The van der Waals surface area contributed by atoms with E-state index < -0.39 is 0 Å². The Balaban J connectivity index is 1.96.